The van der Waals surface area contributed by atoms with E-state index in [0.717, 1.165) is 10.9 Å². The summed E-state index contributed by atoms with van der Waals surface area (Å²) in [4.78, 5) is 12.3. The number of nitrogens with zero attached hydrogens (tertiary/aromatic N) is 1. The molecule has 0 fully saturated rings. The third kappa shape index (κ3) is 5.61. The maximum absolute atomic E-state index is 12.3. The first-order valence-electron chi connectivity index (χ1n) is 8.17. The molecule has 1 amide bonds. The summed E-state index contributed by atoms with van der Waals surface area (Å²) in [5.41, 5.74) is 3.49. The smallest absolute Gasteiger partial charge is 0.275 e. The molecule has 6 nitrogen and oxygen atoms in total. The quantitative estimate of drug-likeness (QED) is 0.464. The fourth-order valence-electron chi connectivity index (χ4n) is 2.24. The Morgan fingerprint density at radius 3 is 2.63 bits per heavy atom. The predicted octanol–water partition coefficient (Wildman–Crippen LogP) is 4.67. The summed E-state index contributed by atoms with van der Waals surface area (Å²) in [6, 6.07) is 8.55. The van der Waals surface area contributed by atoms with Crippen molar-refractivity contribution in [1.82, 2.24) is 5.43 Å². The van der Waals surface area contributed by atoms with Crippen LogP contribution in [0, 0.1) is 0 Å². The molecular weight excluding hydrogens is 436 g/mol. The van der Waals surface area contributed by atoms with Gasteiger partial charge in [0, 0.05) is 4.47 Å². The van der Waals surface area contributed by atoms with E-state index in [0.29, 0.717) is 40.0 Å². The molecule has 0 heterocycles. The van der Waals surface area contributed by atoms with E-state index in [1.54, 1.807) is 30.3 Å². The van der Waals surface area contributed by atoms with Gasteiger partial charge in [-0.25, -0.2) is 5.43 Å². The second-order valence-corrected chi connectivity index (χ2v) is 6.75. The van der Waals surface area contributed by atoms with Crippen LogP contribution in [0.5, 0.6) is 17.2 Å². The molecular formula is C19H20BrClN2O4. The Morgan fingerprint density at radius 1 is 1.22 bits per heavy atom. The first-order chi connectivity index (χ1) is 13.0. The molecule has 2 rings (SSSR count). The van der Waals surface area contributed by atoms with Gasteiger partial charge in [0.05, 0.1) is 37.6 Å². The SMILES string of the molecule is CCCOc1c(Cl)cc(/C=N\NC(=O)c2cc(Br)ccc2OC)cc1OC. The van der Waals surface area contributed by atoms with E-state index in [4.69, 9.17) is 25.8 Å². The van der Waals surface area contributed by atoms with Crippen LogP contribution in [-0.4, -0.2) is 32.9 Å². The number of amides is 1. The zero-order valence-corrected chi connectivity index (χ0v) is 17.6. The summed E-state index contributed by atoms with van der Waals surface area (Å²) in [7, 11) is 3.03. The van der Waals surface area contributed by atoms with Crippen LogP contribution in [0.4, 0.5) is 0 Å². The highest BCUT2D eigenvalue weighted by Crippen LogP contribution is 2.36. The Labute approximate surface area is 171 Å². The number of nitrogens with one attached hydrogen (secondary N) is 1. The molecule has 0 radical (unpaired) electrons. The maximum Gasteiger partial charge on any atom is 0.275 e. The van der Waals surface area contributed by atoms with Crippen molar-refractivity contribution in [2.75, 3.05) is 20.8 Å². The lowest BCUT2D eigenvalue weighted by Gasteiger charge is -2.12. The monoisotopic (exact) mass is 454 g/mol. The molecule has 144 valence electrons. The van der Waals surface area contributed by atoms with Gasteiger partial charge in [-0.1, -0.05) is 34.5 Å². The molecule has 8 heteroatoms. The van der Waals surface area contributed by atoms with Crippen molar-refractivity contribution >= 4 is 39.7 Å². The molecule has 0 aliphatic rings. The third-order valence-corrected chi connectivity index (χ3v) is 4.26. The molecule has 0 atom stereocenters. The van der Waals surface area contributed by atoms with Gasteiger partial charge < -0.3 is 14.2 Å². The number of methoxy groups -OCH3 is 2. The molecule has 2 aromatic rings. The van der Waals surface area contributed by atoms with Crippen LogP contribution in [-0.2, 0) is 0 Å². The molecule has 1 N–H and O–H groups in total. The van der Waals surface area contributed by atoms with Crippen molar-refractivity contribution in [2.45, 2.75) is 13.3 Å². The Hall–Kier alpha value is -2.25. The highest BCUT2D eigenvalue weighted by Gasteiger charge is 2.13. The predicted molar refractivity (Wildman–Crippen MR) is 110 cm³/mol. The Morgan fingerprint density at radius 2 is 1.96 bits per heavy atom. The van der Waals surface area contributed by atoms with Gasteiger partial charge in [0.2, 0.25) is 0 Å². The number of carbonyl (C=O) groups is 1. The van der Waals surface area contributed by atoms with Gasteiger partial charge in [0.1, 0.15) is 5.75 Å². The lowest BCUT2D eigenvalue weighted by molar-refractivity contribution is 0.0952. The number of hydrogen-bond donors (Lipinski definition) is 1. The number of carbonyl (C=O) groups excluding carboxylic acids is 1. The molecule has 0 aliphatic heterocycles. The van der Waals surface area contributed by atoms with Crippen LogP contribution in [0.3, 0.4) is 0 Å². The first kappa shape index (κ1) is 21.1. The lowest BCUT2D eigenvalue weighted by atomic mass is 10.2. The zero-order chi connectivity index (χ0) is 19.8. The van der Waals surface area contributed by atoms with E-state index in [1.165, 1.54) is 20.4 Å². The largest absolute Gasteiger partial charge is 0.496 e. The minimum atomic E-state index is -0.398. The van der Waals surface area contributed by atoms with E-state index in [-0.39, 0.29) is 0 Å². The number of halogens is 2. The van der Waals surface area contributed by atoms with Gasteiger partial charge in [-0.05, 0) is 42.3 Å². The van der Waals surface area contributed by atoms with Gasteiger partial charge in [-0.15, -0.1) is 0 Å². The van der Waals surface area contributed by atoms with Crippen molar-refractivity contribution in [3.8, 4) is 17.2 Å². The maximum atomic E-state index is 12.3. The van der Waals surface area contributed by atoms with E-state index in [9.17, 15) is 4.79 Å². The van der Waals surface area contributed by atoms with Crippen LogP contribution < -0.4 is 19.6 Å². The molecule has 27 heavy (non-hydrogen) atoms. The van der Waals surface area contributed by atoms with E-state index < -0.39 is 5.91 Å². The highest BCUT2D eigenvalue weighted by atomic mass is 79.9. The summed E-state index contributed by atoms with van der Waals surface area (Å²) in [6.07, 6.45) is 2.33. The van der Waals surface area contributed by atoms with Crippen LogP contribution in [0.2, 0.25) is 5.02 Å². The summed E-state index contributed by atoms with van der Waals surface area (Å²) < 4.78 is 16.9. The molecule has 2 aromatic carbocycles. The van der Waals surface area contributed by atoms with Crippen molar-refractivity contribution in [3.05, 3.63) is 51.0 Å². The minimum absolute atomic E-state index is 0.364. The summed E-state index contributed by atoms with van der Waals surface area (Å²) in [6.45, 7) is 2.54. The molecule has 0 bridgehead atoms. The number of hydrogen-bond acceptors (Lipinski definition) is 5. The van der Waals surface area contributed by atoms with Gasteiger partial charge in [-0.3, -0.25) is 4.79 Å². The lowest BCUT2D eigenvalue weighted by Crippen LogP contribution is -2.18. The van der Waals surface area contributed by atoms with Gasteiger partial charge in [0.15, 0.2) is 11.5 Å². The van der Waals surface area contributed by atoms with Gasteiger partial charge in [0.25, 0.3) is 5.91 Å². The van der Waals surface area contributed by atoms with E-state index in [1.807, 2.05) is 6.92 Å². The molecule has 0 aliphatic carbocycles. The third-order valence-electron chi connectivity index (χ3n) is 3.49. The van der Waals surface area contributed by atoms with E-state index in [2.05, 4.69) is 26.5 Å². The van der Waals surface area contributed by atoms with Gasteiger partial charge >= 0.3 is 0 Å². The molecule has 0 unspecified atom stereocenters. The normalized spacial score (nSPS) is 10.7. The molecule has 0 spiro atoms. The number of benzene rings is 2. The van der Waals surface area contributed by atoms with E-state index >= 15 is 0 Å². The van der Waals surface area contributed by atoms with Crippen molar-refractivity contribution < 1.29 is 19.0 Å². The average Bonchev–Trinajstić information content (AvgIpc) is 2.66. The standard InChI is InChI=1S/C19H20BrClN2O4/c1-4-7-27-18-15(21)8-12(9-17(18)26-3)11-22-23-19(24)14-10-13(20)5-6-16(14)25-2/h5-6,8-11H,4,7H2,1-3H3,(H,23,24)/b22-11-. The zero-order valence-electron chi connectivity index (χ0n) is 15.2. The number of rotatable bonds is 8. The van der Waals surface area contributed by atoms with Crippen LogP contribution in [0.1, 0.15) is 29.3 Å². The van der Waals surface area contributed by atoms with Crippen LogP contribution in [0.15, 0.2) is 39.9 Å². The van der Waals surface area contributed by atoms with Crippen LogP contribution >= 0.6 is 27.5 Å². The number of ether oxygens (including phenoxy) is 3. The van der Waals surface area contributed by atoms with Crippen molar-refractivity contribution in [1.29, 1.82) is 0 Å². The summed E-state index contributed by atoms with van der Waals surface area (Å²) in [5.74, 6) is 1.04. The van der Waals surface area contributed by atoms with Crippen molar-refractivity contribution in [2.24, 2.45) is 5.10 Å². The fourth-order valence-corrected chi connectivity index (χ4v) is 2.88. The average molecular weight is 456 g/mol. The molecule has 0 saturated heterocycles. The molecule has 0 aromatic heterocycles. The Kier molecular flexibility index (Phi) is 7.94. The highest BCUT2D eigenvalue weighted by molar-refractivity contribution is 9.10. The first-order valence-corrected chi connectivity index (χ1v) is 9.34. The Balaban J connectivity index is 2.15. The topological polar surface area (TPSA) is 69.2 Å². The second kappa shape index (κ2) is 10.2. The minimum Gasteiger partial charge on any atom is -0.496 e. The second-order valence-electron chi connectivity index (χ2n) is 5.43. The van der Waals surface area contributed by atoms with Gasteiger partial charge in [-0.2, -0.15) is 5.10 Å². The Bertz CT molecular complexity index is 843. The number of hydrazone groups is 1. The van der Waals surface area contributed by atoms with Crippen LogP contribution in [0.25, 0.3) is 0 Å². The molecule has 0 saturated carbocycles. The fraction of sp³-hybridized carbons (Fsp3) is 0.263. The summed E-state index contributed by atoms with van der Waals surface area (Å²) >= 11 is 9.60. The van der Waals surface area contributed by atoms with Crippen molar-refractivity contribution in [3.63, 3.8) is 0 Å². The summed E-state index contributed by atoms with van der Waals surface area (Å²) in [5, 5.41) is 4.39.